The summed E-state index contributed by atoms with van der Waals surface area (Å²) in [6, 6.07) is 21.7. The van der Waals surface area contributed by atoms with Gasteiger partial charge in [0.05, 0.1) is 19.4 Å². The Hall–Kier alpha value is -3.80. The highest BCUT2D eigenvalue weighted by atomic mass is 16.5. The molecule has 0 aliphatic rings. The van der Waals surface area contributed by atoms with E-state index in [9.17, 15) is 9.59 Å². The van der Waals surface area contributed by atoms with Crippen molar-refractivity contribution in [3.63, 3.8) is 0 Å². The van der Waals surface area contributed by atoms with Crippen LogP contribution in [0.15, 0.2) is 72.8 Å². The van der Waals surface area contributed by atoms with Gasteiger partial charge in [0.2, 0.25) is 5.91 Å². The molecule has 0 fully saturated rings. The molecule has 6 heteroatoms. The van der Waals surface area contributed by atoms with Crippen LogP contribution < -0.4 is 20.1 Å². The number of hydrogen-bond acceptors (Lipinski definition) is 4. The molecule has 2 amide bonds. The molecule has 6 nitrogen and oxygen atoms in total. The first-order valence-corrected chi connectivity index (χ1v) is 10.2. The number of anilines is 2. The van der Waals surface area contributed by atoms with Gasteiger partial charge in [0.1, 0.15) is 11.5 Å². The van der Waals surface area contributed by atoms with Crippen LogP contribution in [0.25, 0.3) is 0 Å². The molecule has 3 aromatic rings. The molecule has 160 valence electrons. The third-order valence-electron chi connectivity index (χ3n) is 4.68. The molecule has 3 rings (SSSR count). The number of amides is 2. The van der Waals surface area contributed by atoms with E-state index in [0.717, 1.165) is 11.3 Å². The summed E-state index contributed by atoms with van der Waals surface area (Å²) in [7, 11) is 1.55. The average Bonchev–Trinajstić information content (AvgIpc) is 2.79. The average molecular weight is 418 g/mol. The molecule has 3 aromatic carbocycles. The smallest absolute Gasteiger partial charge is 0.255 e. The van der Waals surface area contributed by atoms with E-state index in [4.69, 9.17) is 9.47 Å². The van der Waals surface area contributed by atoms with Gasteiger partial charge >= 0.3 is 0 Å². The quantitative estimate of drug-likeness (QED) is 0.517. The Morgan fingerprint density at radius 2 is 1.52 bits per heavy atom. The largest absolute Gasteiger partial charge is 0.495 e. The molecule has 0 bridgehead atoms. The zero-order valence-electron chi connectivity index (χ0n) is 17.7. The molecular weight excluding hydrogens is 392 g/mol. The van der Waals surface area contributed by atoms with Gasteiger partial charge in [-0.2, -0.15) is 0 Å². The molecule has 0 saturated heterocycles. The van der Waals surface area contributed by atoms with Crippen LogP contribution in [-0.4, -0.2) is 25.5 Å². The number of ether oxygens (including phenoxy) is 2. The fourth-order valence-electron chi connectivity index (χ4n) is 3.13. The molecular formula is C25H26N2O4. The summed E-state index contributed by atoms with van der Waals surface area (Å²) in [4.78, 5) is 24.8. The van der Waals surface area contributed by atoms with E-state index in [0.29, 0.717) is 42.1 Å². The first-order chi connectivity index (χ1) is 15.1. The summed E-state index contributed by atoms with van der Waals surface area (Å²) >= 11 is 0. The van der Waals surface area contributed by atoms with Gasteiger partial charge in [-0.1, -0.05) is 30.3 Å². The first-order valence-electron chi connectivity index (χ1n) is 10.2. The van der Waals surface area contributed by atoms with Gasteiger partial charge in [-0.25, -0.2) is 0 Å². The Kier molecular flexibility index (Phi) is 7.65. The molecule has 0 aliphatic heterocycles. The number of rotatable bonds is 9. The molecule has 0 heterocycles. The molecule has 0 aliphatic carbocycles. The van der Waals surface area contributed by atoms with E-state index in [-0.39, 0.29) is 11.8 Å². The molecule has 0 radical (unpaired) electrons. The number of methoxy groups -OCH3 is 1. The highest BCUT2D eigenvalue weighted by molar-refractivity contribution is 6.05. The Balaban J connectivity index is 1.55. The van der Waals surface area contributed by atoms with E-state index in [1.165, 1.54) is 0 Å². The summed E-state index contributed by atoms with van der Waals surface area (Å²) in [5.74, 6) is 1.04. The second-order valence-electron chi connectivity index (χ2n) is 6.82. The fraction of sp³-hybridized carbons (Fsp3) is 0.200. The van der Waals surface area contributed by atoms with Crippen molar-refractivity contribution in [1.82, 2.24) is 0 Å². The van der Waals surface area contributed by atoms with Crippen LogP contribution in [0.3, 0.4) is 0 Å². The van der Waals surface area contributed by atoms with Crippen molar-refractivity contribution in [2.75, 3.05) is 24.4 Å². The number of para-hydroxylation sites is 3. The first kappa shape index (κ1) is 21.9. The van der Waals surface area contributed by atoms with Crippen LogP contribution in [0, 0.1) is 0 Å². The van der Waals surface area contributed by atoms with Gasteiger partial charge in [0.25, 0.3) is 5.91 Å². The third kappa shape index (κ3) is 6.09. The lowest BCUT2D eigenvalue weighted by Gasteiger charge is -2.11. The molecule has 0 unspecified atom stereocenters. The van der Waals surface area contributed by atoms with Crippen molar-refractivity contribution in [3.05, 3.63) is 83.9 Å². The zero-order chi connectivity index (χ0) is 22.1. The van der Waals surface area contributed by atoms with E-state index in [2.05, 4.69) is 10.6 Å². The van der Waals surface area contributed by atoms with E-state index in [1.807, 2.05) is 43.3 Å². The second-order valence-corrected chi connectivity index (χ2v) is 6.82. The number of carbonyl (C=O) groups excluding carboxylic acids is 2. The van der Waals surface area contributed by atoms with Gasteiger partial charge in [-0.3, -0.25) is 9.59 Å². The fourth-order valence-corrected chi connectivity index (χ4v) is 3.13. The zero-order valence-corrected chi connectivity index (χ0v) is 17.7. The van der Waals surface area contributed by atoms with Crippen molar-refractivity contribution in [2.45, 2.75) is 19.8 Å². The topological polar surface area (TPSA) is 76.7 Å². The maximum absolute atomic E-state index is 12.5. The predicted octanol–water partition coefficient (Wildman–Crippen LogP) is 4.92. The summed E-state index contributed by atoms with van der Waals surface area (Å²) < 4.78 is 10.9. The van der Waals surface area contributed by atoms with Crippen LogP contribution >= 0.6 is 0 Å². The maximum atomic E-state index is 12.5. The summed E-state index contributed by atoms with van der Waals surface area (Å²) in [5, 5.41) is 5.70. The highest BCUT2D eigenvalue weighted by Crippen LogP contribution is 2.24. The lowest BCUT2D eigenvalue weighted by molar-refractivity contribution is -0.116. The minimum Gasteiger partial charge on any atom is -0.495 e. The Morgan fingerprint density at radius 1 is 0.839 bits per heavy atom. The van der Waals surface area contributed by atoms with Crippen LogP contribution in [0.5, 0.6) is 11.5 Å². The van der Waals surface area contributed by atoms with Crippen LogP contribution in [0.2, 0.25) is 0 Å². The Morgan fingerprint density at radius 3 is 2.23 bits per heavy atom. The van der Waals surface area contributed by atoms with Gasteiger partial charge in [-0.05, 0) is 61.4 Å². The molecule has 31 heavy (non-hydrogen) atoms. The standard InChI is InChI=1S/C25H26N2O4/c1-3-31-22-10-6-4-8-18(22)14-17-24(28)26-20-15-12-19(13-16-20)25(29)27-21-9-5-7-11-23(21)30-2/h4-13,15-16H,3,14,17H2,1-2H3,(H,26,28)(H,27,29). The third-order valence-corrected chi connectivity index (χ3v) is 4.68. The van der Waals surface area contributed by atoms with Crippen molar-refractivity contribution < 1.29 is 19.1 Å². The van der Waals surface area contributed by atoms with E-state index in [1.54, 1.807) is 43.5 Å². The molecule has 0 aromatic heterocycles. The minimum absolute atomic E-state index is 0.0995. The minimum atomic E-state index is -0.255. The monoisotopic (exact) mass is 418 g/mol. The summed E-state index contributed by atoms with van der Waals surface area (Å²) in [6.45, 7) is 2.52. The lowest BCUT2D eigenvalue weighted by atomic mass is 10.1. The Bertz CT molecular complexity index is 1030. The second kappa shape index (κ2) is 10.8. The van der Waals surface area contributed by atoms with Crippen molar-refractivity contribution in [3.8, 4) is 11.5 Å². The summed E-state index contributed by atoms with van der Waals surface area (Å²) in [6.07, 6.45) is 0.918. The SMILES string of the molecule is CCOc1ccccc1CCC(=O)Nc1ccc(C(=O)Nc2ccccc2OC)cc1. The van der Waals surface area contributed by atoms with Gasteiger partial charge < -0.3 is 20.1 Å². The number of benzene rings is 3. The molecule has 0 atom stereocenters. The van der Waals surface area contributed by atoms with Crippen molar-refractivity contribution >= 4 is 23.2 Å². The Labute approximate surface area is 182 Å². The molecule has 0 saturated carbocycles. The van der Waals surface area contributed by atoms with E-state index < -0.39 is 0 Å². The van der Waals surface area contributed by atoms with Crippen LogP contribution in [0.4, 0.5) is 11.4 Å². The lowest BCUT2D eigenvalue weighted by Crippen LogP contribution is -2.14. The van der Waals surface area contributed by atoms with E-state index >= 15 is 0 Å². The van der Waals surface area contributed by atoms with Crippen LogP contribution in [-0.2, 0) is 11.2 Å². The normalized spacial score (nSPS) is 10.3. The number of aryl methyl sites for hydroxylation is 1. The van der Waals surface area contributed by atoms with Crippen molar-refractivity contribution in [1.29, 1.82) is 0 Å². The highest BCUT2D eigenvalue weighted by Gasteiger charge is 2.11. The summed E-state index contributed by atoms with van der Waals surface area (Å²) in [5.41, 5.74) is 2.72. The van der Waals surface area contributed by atoms with Crippen LogP contribution in [0.1, 0.15) is 29.3 Å². The van der Waals surface area contributed by atoms with Gasteiger partial charge in [0, 0.05) is 17.7 Å². The number of nitrogens with one attached hydrogen (secondary N) is 2. The number of hydrogen-bond donors (Lipinski definition) is 2. The maximum Gasteiger partial charge on any atom is 0.255 e. The van der Waals surface area contributed by atoms with Crippen molar-refractivity contribution in [2.24, 2.45) is 0 Å². The molecule has 0 spiro atoms. The number of carbonyl (C=O) groups is 2. The van der Waals surface area contributed by atoms with Gasteiger partial charge in [0.15, 0.2) is 0 Å². The molecule has 2 N–H and O–H groups in total. The van der Waals surface area contributed by atoms with Gasteiger partial charge in [-0.15, -0.1) is 0 Å². The predicted molar refractivity (Wildman–Crippen MR) is 122 cm³/mol.